The minimum absolute atomic E-state index is 0.0152. The number of cyclic esters (lactones) is 1. The summed E-state index contributed by atoms with van der Waals surface area (Å²) in [5, 5.41) is 0. The monoisotopic (exact) mass is 214 g/mol. The van der Waals surface area contributed by atoms with Gasteiger partial charge in [-0.05, 0) is 0 Å². The van der Waals surface area contributed by atoms with E-state index in [0.717, 1.165) is 0 Å². The fourth-order valence-electron chi connectivity index (χ4n) is 0.994. The molecule has 6 heteroatoms. The molecule has 1 aliphatic rings. The van der Waals surface area contributed by atoms with Crippen molar-refractivity contribution in [2.75, 3.05) is 13.2 Å². The molecule has 0 radical (unpaired) electrons. The molecule has 1 atom stereocenters. The van der Waals surface area contributed by atoms with Crippen LogP contribution in [0.1, 0.15) is 6.42 Å². The first kappa shape index (κ1) is 11.2. The average molecular weight is 214 g/mol. The van der Waals surface area contributed by atoms with Crippen molar-refractivity contribution in [1.82, 2.24) is 0 Å². The van der Waals surface area contributed by atoms with Crippen LogP contribution in [0, 0.1) is 0 Å². The molecule has 82 valence electrons. The van der Waals surface area contributed by atoms with E-state index in [0.29, 0.717) is 0 Å². The third kappa shape index (κ3) is 3.41. The lowest BCUT2D eigenvalue weighted by Gasteiger charge is -2.09. The van der Waals surface area contributed by atoms with Crippen LogP contribution < -0.4 is 0 Å². The van der Waals surface area contributed by atoms with Gasteiger partial charge in [0, 0.05) is 0 Å². The van der Waals surface area contributed by atoms with Gasteiger partial charge >= 0.3 is 11.9 Å². The molecule has 0 aromatic carbocycles. The number of carbonyl (C=O) groups is 3. The number of carbonyl (C=O) groups excluding carboxylic acids is 3. The highest BCUT2D eigenvalue weighted by molar-refractivity contribution is 5.88. The lowest BCUT2D eigenvalue weighted by Crippen LogP contribution is -2.20. The molecule has 6 nitrogen and oxygen atoms in total. The van der Waals surface area contributed by atoms with Gasteiger partial charge in [-0.25, -0.2) is 4.79 Å². The van der Waals surface area contributed by atoms with Crippen molar-refractivity contribution in [2.24, 2.45) is 0 Å². The number of ether oxygens (including phenoxy) is 3. The second kappa shape index (κ2) is 5.14. The van der Waals surface area contributed by atoms with Crippen LogP contribution in [0.3, 0.4) is 0 Å². The minimum atomic E-state index is -0.694. The topological polar surface area (TPSA) is 78.9 Å². The van der Waals surface area contributed by atoms with Crippen LogP contribution in [-0.2, 0) is 28.6 Å². The Balaban J connectivity index is 2.31. The van der Waals surface area contributed by atoms with Gasteiger partial charge in [-0.1, -0.05) is 6.58 Å². The second-order valence-corrected chi connectivity index (χ2v) is 2.93. The van der Waals surface area contributed by atoms with Crippen LogP contribution >= 0.6 is 0 Å². The van der Waals surface area contributed by atoms with Crippen molar-refractivity contribution in [1.29, 1.82) is 0 Å². The molecule has 0 aliphatic carbocycles. The van der Waals surface area contributed by atoms with Gasteiger partial charge in [0.1, 0.15) is 19.3 Å². The summed E-state index contributed by atoms with van der Waals surface area (Å²) in [4.78, 5) is 31.7. The van der Waals surface area contributed by atoms with Crippen molar-refractivity contribution in [3.05, 3.63) is 12.2 Å². The standard InChI is InChI=1S/C9H10O6/c1-6(3-13-5-10)9(12)15-7-2-8(11)14-4-7/h5,7H,1-4H2. The molecule has 0 N–H and O–H groups in total. The van der Waals surface area contributed by atoms with Gasteiger partial charge in [0.05, 0.1) is 12.0 Å². The summed E-state index contributed by atoms with van der Waals surface area (Å²) in [6, 6.07) is 0. The van der Waals surface area contributed by atoms with E-state index in [1.54, 1.807) is 0 Å². The Labute approximate surface area is 85.8 Å². The number of esters is 2. The number of hydrogen-bond acceptors (Lipinski definition) is 6. The van der Waals surface area contributed by atoms with Crippen LogP contribution in [0.2, 0.25) is 0 Å². The van der Waals surface area contributed by atoms with Crippen LogP contribution in [0.15, 0.2) is 12.2 Å². The lowest BCUT2D eigenvalue weighted by molar-refractivity contribution is -0.145. The van der Waals surface area contributed by atoms with Gasteiger partial charge in [0.25, 0.3) is 6.47 Å². The highest BCUT2D eigenvalue weighted by Crippen LogP contribution is 2.11. The maximum atomic E-state index is 11.2. The maximum absolute atomic E-state index is 11.2. The molecule has 0 bridgehead atoms. The molecule has 1 heterocycles. The van der Waals surface area contributed by atoms with E-state index in [2.05, 4.69) is 16.1 Å². The highest BCUT2D eigenvalue weighted by atomic mass is 16.6. The third-order valence-electron chi connectivity index (χ3n) is 1.71. The van der Waals surface area contributed by atoms with Crippen LogP contribution in [-0.4, -0.2) is 37.7 Å². The van der Waals surface area contributed by atoms with Gasteiger partial charge in [0.2, 0.25) is 0 Å². The normalized spacial score (nSPS) is 19.2. The van der Waals surface area contributed by atoms with E-state index in [-0.39, 0.29) is 31.7 Å². The molecular formula is C9H10O6. The van der Waals surface area contributed by atoms with Crippen molar-refractivity contribution in [2.45, 2.75) is 12.5 Å². The van der Waals surface area contributed by atoms with Crippen molar-refractivity contribution in [3.8, 4) is 0 Å². The Bertz CT molecular complexity index is 295. The van der Waals surface area contributed by atoms with Crippen LogP contribution in [0.5, 0.6) is 0 Å². The Kier molecular flexibility index (Phi) is 3.84. The van der Waals surface area contributed by atoms with E-state index in [4.69, 9.17) is 4.74 Å². The van der Waals surface area contributed by atoms with Crippen LogP contribution in [0.4, 0.5) is 0 Å². The van der Waals surface area contributed by atoms with E-state index >= 15 is 0 Å². The Morgan fingerprint density at radius 1 is 1.67 bits per heavy atom. The largest absolute Gasteiger partial charge is 0.463 e. The molecule has 1 unspecified atom stereocenters. The van der Waals surface area contributed by atoms with E-state index in [9.17, 15) is 14.4 Å². The summed E-state index contributed by atoms with van der Waals surface area (Å²) < 4.78 is 13.8. The van der Waals surface area contributed by atoms with E-state index in [1.807, 2.05) is 0 Å². The fourth-order valence-corrected chi connectivity index (χ4v) is 0.994. The first-order valence-corrected chi connectivity index (χ1v) is 4.23. The zero-order chi connectivity index (χ0) is 11.3. The van der Waals surface area contributed by atoms with Crippen molar-refractivity contribution < 1.29 is 28.6 Å². The number of rotatable bonds is 5. The molecule has 1 saturated heterocycles. The SMILES string of the molecule is C=C(COC=O)C(=O)OC1COC(=O)C1. The molecule has 1 aliphatic heterocycles. The molecule has 0 saturated carbocycles. The molecule has 0 spiro atoms. The molecular weight excluding hydrogens is 204 g/mol. The fraction of sp³-hybridized carbons (Fsp3) is 0.444. The smallest absolute Gasteiger partial charge is 0.337 e. The van der Waals surface area contributed by atoms with E-state index < -0.39 is 18.0 Å². The molecule has 1 rings (SSSR count). The summed E-state index contributed by atoms with van der Waals surface area (Å²) >= 11 is 0. The average Bonchev–Trinajstić information content (AvgIpc) is 2.60. The van der Waals surface area contributed by atoms with E-state index in [1.165, 1.54) is 0 Å². The van der Waals surface area contributed by atoms with Crippen molar-refractivity contribution in [3.63, 3.8) is 0 Å². The summed E-state index contributed by atoms with van der Waals surface area (Å²) in [5.41, 5.74) is 0.0152. The predicted molar refractivity (Wildman–Crippen MR) is 46.6 cm³/mol. The quantitative estimate of drug-likeness (QED) is 0.267. The summed E-state index contributed by atoms with van der Waals surface area (Å²) in [6.07, 6.45) is -0.522. The Hall–Kier alpha value is -1.85. The molecule has 15 heavy (non-hydrogen) atoms. The molecule has 0 amide bonds. The number of hydrogen-bond donors (Lipinski definition) is 0. The summed E-state index contributed by atoms with van der Waals surface area (Å²) in [6.45, 7) is 3.42. The molecule has 1 fully saturated rings. The minimum Gasteiger partial charge on any atom is -0.463 e. The van der Waals surface area contributed by atoms with Gasteiger partial charge in [0.15, 0.2) is 0 Å². The zero-order valence-corrected chi connectivity index (χ0v) is 7.93. The highest BCUT2D eigenvalue weighted by Gasteiger charge is 2.27. The van der Waals surface area contributed by atoms with Gasteiger partial charge in [-0.2, -0.15) is 0 Å². The zero-order valence-electron chi connectivity index (χ0n) is 7.93. The van der Waals surface area contributed by atoms with Gasteiger partial charge in [-0.3, -0.25) is 9.59 Å². The predicted octanol–water partition coefficient (Wildman–Crippen LogP) is -0.426. The van der Waals surface area contributed by atoms with Crippen molar-refractivity contribution >= 4 is 18.4 Å². The van der Waals surface area contributed by atoms with Crippen LogP contribution in [0.25, 0.3) is 0 Å². The molecule has 0 aromatic rings. The second-order valence-electron chi connectivity index (χ2n) is 2.93. The first-order valence-electron chi connectivity index (χ1n) is 4.23. The lowest BCUT2D eigenvalue weighted by atomic mass is 10.3. The van der Waals surface area contributed by atoms with Gasteiger partial charge in [-0.15, -0.1) is 0 Å². The Morgan fingerprint density at radius 2 is 2.40 bits per heavy atom. The third-order valence-corrected chi connectivity index (χ3v) is 1.71. The summed E-state index contributed by atoms with van der Waals surface area (Å²) in [5.74, 6) is -1.09. The van der Waals surface area contributed by atoms with Gasteiger partial charge < -0.3 is 14.2 Å². The maximum Gasteiger partial charge on any atom is 0.337 e. The Morgan fingerprint density at radius 3 is 2.93 bits per heavy atom. The first-order chi connectivity index (χ1) is 7.13. The summed E-state index contributed by atoms with van der Waals surface area (Å²) in [7, 11) is 0. The molecule has 0 aromatic heterocycles.